The van der Waals surface area contributed by atoms with Gasteiger partial charge in [0.1, 0.15) is 16.3 Å². The third-order valence-electron chi connectivity index (χ3n) is 5.26. The van der Waals surface area contributed by atoms with Crippen LogP contribution in [0.4, 0.5) is 16.8 Å². The Morgan fingerprint density at radius 2 is 1.65 bits per heavy atom. The molecule has 0 aliphatic carbocycles. The van der Waals surface area contributed by atoms with Gasteiger partial charge in [-0.2, -0.15) is 0 Å². The molecule has 0 bridgehead atoms. The van der Waals surface area contributed by atoms with E-state index >= 15 is 0 Å². The van der Waals surface area contributed by atoms with Gasteiger partial charge in [0, 0.05) is 16.9 Å². The van der Waals surface area contributed by atoms with Crippen LogP contribution in [-0.4, -0.2) is 27.4 Å². The van der Waals surface area contributed by atoms with Crippen molar-refractivity contribution < 1.29 is 9.53 Å². The summed E-state index contributed by atoms with van der Waals surface area (Å²) in [6.45, 7) is 0. The van der Waals surface area contributed by atoms with Gasteiger partial charge in [-0.25, -0.2) is 9.97 Å². The maximum atomic E-state index is 13.8. The highest BCUT2D eigenvalue weighted by molar-refractivity contribution is 7.18. The monoisotopic (exact) mass is 467 g/mol. The third-order valence-corrected chi connectivity index (χ3v) is 6.23. The van der Waals surface area contributed by atoms with E-state index in [-0.39, 0.29) is 11.7 Å². The number of carbonyl (C=O) groups is 1. The van der Waals surface area contributed by atoms with Gasteiger partial charge in [-0.3, -0.25) is 9.36 Å². The SMILES string of the molecule is COc1ccc(-n2c(C(=O)c3sc(Nc4ccccc4)nc3-c3ccccc3)cnc2N)cc1. The summed E-state index contributed by atoms with van der Waals surface area (Å²) in [5, 5.41) is 3.92. The summed E-state index contributed by atoms with van der Waals surface area (Å²) in [4.78, 5) is 23.3. The van der Waals surface area contributed by atoms with Gasteiger partial charge >= 0.3 is 0 Å². The Hall–Kier alpha value is -4.43. The fraction of sp³-hybridized carbons (Fsp3) is 0.0385. The van der Waals surface area contributed by atoms with Crippen LogP contribution in [0.3, 0.4) is 0 Å². The lowest BCUT2D eigenvalue weighted by Crippen LogP contribution is -2.10. The molecule has 0 amide bonds. The summed E-state index contributed by atoms with van der Waals surface area (Å²) in [5.41, 5.74) is 9.58. The van der Waals surface area contributed by atoms with Gasteiger partial charge in [0.2, 0.25) is 11.7 Å². The fourth-order valence-electron chi connectivity index (χ4n) is 3.61. The van der Waals surface area contributed by atoms with Crippen molar-refractivity contribution in [3.8, 4) is 22.7 Å². The second-order valence-electron chi connectivity index (χ2n) is 7.42. The van der Waals surface area contributed by atoms with E-state index in [9.17, 15) is 4.79 Å². The number of ketones is 1. The average molecular weight is 468 g/mol. The predicted molar refractivity (Wildman–Crippen MR) is 135 cm³/mol. The Balaban J connectivity index is 1.59. The largest absolute Gasteiger partial charge is 0.497 e. The Labute approximate surface area is 200 Å². The van der Waals surface area contributed by atoms with E-state index in [0.29, 0.717) is 32.8 Å². The van der Waals surface area contributed by atoms with Crippen molar-refractivity contribution in [3.05, 3.63) is 102 Å². The first-order valence-electron chi connectivity index (χ1n) is 10.5. The first-order valence-corrected chi connectivity index (χ1v) is 11.4. The average Bonchev–Trinajstić information content (AvgIpc) is 3.48. The van der Waals surface area contributed by atoms with Crippen molar-refractivity contribution in [1.29, 1.82) is 0 Å². The lowest BCUT2D eigenvalue weighted by atomic mass is 10.1. The zero-order valence-electron chi connectivity index (χ0n) is 18.3. The maximum Gasteiger partial charge on any atom is 0.223 e. The highest BCUT2D eigenvalue weighted by Crippen LogP contribution is 2.35. The number of carbonyl (C=O) groups excluding carboxylic acids is 1. The minimum Gasteiger partial charge on any atom is -0.497 e. The first kappa shape index (κ1) is 21.4. The molecule has 3 aromatic carbocycles. The highest BCUT2D eigenvalue weighted by atomic mass is 32.1. The van der Waals surface area contributed by atoms with E-state index in [1.807, 2.05) is 84.9 Å². The molecule has 0 saturated heterocycles. The van der Waals surface area contributed by atoms with Crippen LogP contribution in [0, 0.1) is 0 Å². The van der Waals surface area contributed by atoms with Gasteiger partial charge in [0.25, 0.3) is 0 Å². The third kappa shape index (κ3) is 4.14. The number of nitrogens with two attached hydrogens (primary N) is 1. The van der Waals surface area contributed by atoms with E-state index in [4.69, 9.17) is 15.5 Å². The van der Waals surface area contributed by atoms with Crippen molar-refractivity contribution >= 4 is 33.9 Å². The van der Waals surface area contributed by atoms with Gasteiger partial charge in [-0.1, -0.05) is 59.9 Å². The van der Waals surface area contributed by atoms with Crippen LogP contribution in [0.1, 0.15) is 15.4 Å². The summed E-state index contributed by atoms with van der Waals surface area (Å²) in [5.74, 6) is 0.722. The number of benzene rings is 3. The molecule has 0 aliphatic rings. The van der Waals surface area contributed by atoms with Gasteiger partial charge in [0.15, 0.2) is 5.13 Å². The summed E-state index contributed by atoms with van der Waals surface area (Å²) < 4.78 is 6.88. The molecule has 3 N–H and O–H groups in total. The van der Waals surface area contributed by atoms with E-state index in [1.54, 1.807) is 11.7 Å². The van der Waals surface area contributed by atoms with Crippen LogP contribution in [-0.2, 0) is 0 Å². The lowest BCUT2D eigenvalue weighted by molar-refractivity contribution is 0.103. The molecule has 34 heavy (non-hydrogen) atoms. The summed E-state index contributed by atoms with van der Waals surface area (Å²) in [6.07, 6.45) is 1.50. The van der Waals surface area contributed by atoms with Crippen LogP contribution in [0.25, 0.3) is 16.9 Å². The number of ether oxygens (including phenoxy) is 1. The molecule has 5 rings (SSSR count). The number of para-hydroxylation sites is 1. The van der Waals surface area contributed by atoms with E-state index in [1.165, 1.54) is 17.5 Å². The molecular weight excluding hydrogens is 446 g/mol. The Morgan fingerprint density at radius 1 is 0.971 bits per heavy atom. The van der Waals surface area contributed by atoms with Gasteiger partial charge in [-0.05, 0) is 36.4 Å². The number of methoxy groups -OCH3 is 1. The summed E-state index contributed by atoms with van der Waals surface area (Å²) in [6, 6.07) is 26.7. The first-order chi connectivity index (χ1) is 16.6. The second-order valence-corrected chi connectivity index (χ2v) is 8.42. The van der Waals surface area contributed by atoms with Crippen LogP contribution >= 0.6 is 11.3 Å². The number of hydrogen-bond donors (Lipinski definition) is 2. The number of nitrogen functional groups attached to an aromatic ring is 1. The Bertz CT molecular complexity index is 1430. The number of anilines is 3. The Kier molecular flexibility index (Phi) is 5.80. The number of rotatable bonds is 7. The molecule has 5 aromatic rings. The number of imidazole rings is 1. The number of thiazole rings is 1. The van der Waals surface area contributed by atoms with Crippen molar-refractivity contribution in [1.82, 2.24) is 14.5 Å². The van der Waals surface area contributed by atoms with E-state index < -0.39 is 0 Å². The standard InChI is InChI=1S/C26H21N5O2S/c1-33-20-14-12-19(13-15-20)31-21(16-28-25(31)27)23(32)24-22(17-8-4-2-5-9-17)30-26(34-24)29-18-10-6-3-7-11-18/h2-16H,1H3,(H2,27,28)(H,29,30). The molecule has 0 unspecified atom stereocenters. The molecule has 7 nitrogen and oxygen atoms in total. The fourth-order valence-corrected chi connectivity index (χ4v) is 4.57. The molecule has 0 saturated carbocycles. The number of aromatic nitrogens is 3. The lowest BCUT2D eigenvalue weighted by Gasteiger charge is -2.10. The van der Waals surface area contributed by atoms with E-state index in [2.05, 4.69) is 10.3 Å². The highest BCUT2D eigenvalue weighted by Gasteiger charge is 2.25. The molecule has 0 radical (unpaired) electrons. The summed E-state index contributed by atoms with van der Waals surface area (Å²) >= 11 is 1.30. The molecule has 0 spiro atoms. The molecule has 0 atom stereocenters. The topological polar surface area (TPSA) is 95.1 Å². The normalized spacial score (nSPS) is 10.7. The van der Waals surface area contributed by atoms with Crippen LogP contribution in [0.2, 0.25) is 0 Å². The molecule has 0 aliphatic heterocycles. The molecular formula is C26H21N5O2S. The predicted octanol–water partition coefficient (Wildman–Crippen LogP) is 5.56. The zero-order chi connectivity index (χ0) is 23.5. The molecule has 168 valence electrons. The maximum absolute atomic E-state index is 13.8. The van der Waals surface area contributed by atoms with Crippen molar-refractivity contribution in [2.24, 2.45) is 0 Å². The van der Waals surface area contributed by atoms with E-state index in [0.717, 1.165) is 11.3 Å². The van der Waals surface area contributed by atoms with Gasteiger partial charge < -0.3 is 15.8 Å². The number of nitrogens with one attached hydrogen (secondary N) is 1. The molecule has 2 aromatic heterocycles. The second kappa shape index (κ2) is 9.21. The van der Waals surface area contributed by atoms with Crippen molar-refractivity contribution in [3.63, 3.8) is 0 Å². The minimum absolute atomic E-state index is 0.211. The number of hydrogen-bond acceptors (Lipinski definition) is 7. The molecule has 0 fully saturated rings. The zero-order valence-corrected chi connectivity index (χ0v) is 19.1. The van der Waals surface area contributed by atoms with Gasteiger partial charge in [-0.15, -0.1) is 0 Å². The minimum atomic E-state index is -0.211. The molecule has 2 heterocycles. The molecule has 8 heteroatoms. The quantitative estimate of drug-likeness (QED) is 0.304. The van der Waals surface area contributed by atoms with Crippen LogP contribution in [0.5, 0.6) is 5.75 Å². The Morgan fingerprint density at radius 3 is 2.32 bits per heavy atom. The van der Waals surface area contributed by atoms with Gasteiger partial charge in [0.05, 0.1) is 19.0 Å². The smallest absolute Gasteiger partial charge is 0.223 e. The number of nitrogens with zero attached hydrogens (tertiary/aromatic N) is 3. The summed E-state index contributed by atoms with van der Waals surface area (Å²) in [7, 11) is 1.60. The van der Waals surface area contributed by atoms with Crippen molar-refractivity contribution in [2.45, 2.75) is 0 Å². The van der Waals surface area contributed by atoms with Crippen molar-refractivity contribution in [2.75, 3.05) is 18.2 Å². The van der Waals surface area contributed by atoms with Crippen LogP contribution in [0.15, 0.2) is 91.1 Å². The van der Waals surface area contributed by atoms with Crippen LogP contribution < -0.4 is 15.8 Å².